The third-order valence-electron chi connectivity index (χ3n) is 2.86. The van der Waals surface area contributed by atoms with E-state index >= 15 is 0 Å². The van der Waals surface area contributed by atoms with Crippen molar-refractivity contribution < 1.29 is 0 Å². The Labute approximate surface area is 119 Å². The van der Waals surface area contributed by atoms with Gasteiger partial charge in [0, 0.05) is 4.90 Å². The van der Waals surface area contributed by atoms with E-state index in [0.29, 0.717) is 0 Å². The molecule has 0 fully saturated rings. The summed E-state index contributed by atoms with van der Waals surface area (Å²) in [7, 11) is 0. The molecule has 0 nitrogen and oxygen atoms in total. The third kappa shape index (κ3) is 4.15. The maximum atomic E-state index is 2.23. The monoisotopic (exact) mass is 266 g/mol. The Morgan fingerprint density at radius 3 is 2.37 bits per heavy atom. The Hall–Kier alpha value is -1.73. The second-order valence-electron chi connectivity index (χ2n) is 4.37. The summed E-state index contributed by atoms with van der Waals surface area (Å²) in [6, 6.07) is 18.9. The van der Waals surface area contributed by atoms with Gasteiger partial charge in [-0.05, 0) is 30.4 Å². The van der Waals surface area contributed by atoms with Crippen LogP contribution in [0.5, 0.6) is 0 Å². The average Bonchev–Trinajstić information content (AvgIpc) is 2.47. The van der Waals surface area contributed by atoms with E-state index in [2.05, 4.69) is 79.9 Å². The average molecular weight is 266 g/mol. The number of allylic oxidation sites excluding steroid dienone is 2. The minimum Gasteiger partial charge on any atom is -0.129 e. The van der Waals surface area contributed by atoms with Gasteiger partial charge in [0.05, 0.1) is 0 Å². The molecule has 0 bridgehead atoms. The van der Waals surface area contributed by atoms with E-state index in [9.17, 15) is 0 Å². The van der Waals surface area contributed by atoms with Crippen LogP contribution in [0.15, 0.2) is 71.1 Å². The van der Waals surface area contributed by atoms with Crippen molar-refractivity contribution in [3.05, 3.63) is 77.4 Å². The molecular weight excluding hydrogens is 248 g/mol. The predicted molar refractivity (Wildman–Crippen MR) is 87.4 cm³/mol. The topological polar surface area (TPSA) is 0 Å². The van der Waals surface area contributed by atoms with Crippen LogP contribution in [0.2, 0.25) is 0 Å². The lowest BCUT2D eigenvalue weighted by molar-refractivity contribution is 1.41. The van der Waals surface area contributed by atoms with Gasteiger partial charge in [-0.2, -0.15) is 0 Å². The second kappa shape index (κ2) is 7.01. The van der Waals surface area contributed by atoms with Gasteiger partial charge in [-0.25, -0.2) is 0 Å². The Kier molecular flexibility index (Phi) is 5.05. The SMILES string of the molecule is CSc1ccccc1/C=C(C)\C=C\c1ccccc1. The number of rotatable bonds is 4. The Bertz CT molecular complexity index is 580. The van der Waals surface area contributed by atoms with Gasteiger partial charge in [0.1, 0.15) is 0 Å². The molecule has 2 rings (SSSR count). The van der Waals surface area contributed by atoms with Crippen molar-refractivity contribution in [1.82, 2.24) is 0 Å². The van der Waals surface area contributed by atoms with Gasteiger partial charge in [0.25, 0.3) is 0 Å². The number of hydrogen-bond acceptors (Lipinski definition) is 1. The Morgan fingerprint density at radius 2 is 1.63 bits per heavy atom. The molecule has 0 heterocycles. The molecule has 96 valence electrons. The van der Waals surface area contributed by atoms with Crippen molar-refractivity contribution in [3.63, 3.8) is 0 Å². The Morgan fingerprint density at radius 1 is 0.947 bits per heavy atom. The lowest BCUT2D eigenvalue weighted by atomic mass is 10.1. The van der Waals surface area contributed by atoms with Crippen LogP contribution < -0.4 is 0 Å². The van der Waals surface area contributed by atoms with E-state index in [4.69, 9.17) is 0 Å². The predicted octanol–water partition coefficient (Wildman–Crippen LogP) is 5.53. The van der Waals surface area contributed by atoms with E-state index in [1.165, 1.54) is 21.6 Å². The molecular formula is C18H18S. The molecule has 1 heteroatoms. The largest absolute Gasteiger partial charge is 0.129 e. The van der Waals surface area contributed by atoms with Crippen LogP contribution in [0.1, 0.15) is 18.1 Å². The standard InChI is InChI=1S/C18H18S/c1-15(12-13-16-8-4-3-5-9-16)14-17-10-6-7-11-18(17)19-2/h3-14H,1-2H3/b13-12+,15-14-. The summed E-state index contributed by atoms with van der Waals surface area (Å²) < 4.78 is 0. The van der Waals surface area contributed by atoms with Gasteiger partial charge in [0.2, 0.25) is 0 Å². The molecule has 0 aromatic heterocycles. The van der Waals surface area contributed by atoms with Gasteiger partial charge in [-0.3, -0.25) is 0 Å². The minimum absolute atomic E-state index is 1.23. The highest BCUT2D eigenvalue weighted by Crippen LogP contribution is 2.22. The highest BCUT2D eigenvalue weighted by atomic mass is 32.2. The normalized spacial score (nSPS) is 12.0. The zero-order valence-electron chi connectivity index (χ0n) is 11.3. The van der Waals surface area contributed by atoms with Gasteiger partial charge in [-0.1, -0.05) is 72.3 Å². The van der Waals surface area contributed by atoms with Crippen LogP contribution in [0, 0.1) is 0 Å². The summed E-state index contributed by atoms with van der Waals surface area (Å²) in [5.74, 6) is 0. The summed E-state index contributed by atoms with van der Waals surface area (Å²) in [6.45, 7) is 2.14. The molecule has 0 saturated heterocycles. The minimum atomic E-state index is 1.23. The lowest BCUT2D eigenvalue weighted by Gasteiger charge is -2.02. The van der Waals surface area contributed by atoms with Crippen LogP contribution in [0.3, 0.4) is 0 Å². The molecule has 0 radical (unpaired) electrons. The summed E-state index contributed by atoms with van der Waals surface area (Å²) in [4.78, 5) is 1.31. The first-order chi connectivity index (χ1) is 9.29. The van der Waals surface area contributed by atoms with E-state index in [0.717, 1.165) is 0 Å². The number of thioether (sulfide) groups is 1. The zero-order valence-corrected chi connectivity index (χ0v) is 12.2. The highest BCUT2D eigenvalue weighted by Gasteiger charge is 1.96. The smallest absolute Gasteiger partial charge is 0.0142 e. The summed E-state index contributed by atoms with van der Waals surface area (Å²) in [5, 5.41) is 0. The van der Waals surface area contributed by atoms with Crippen LogP contribution in [0.4, 0.5) is 0 Å². The fourth-order valence-corrected chi connectivity index (χ4v) is 2.45. The maximum absolute atomic E-state index is 2.23. The van der Waals surface area contributed by atoms with Gasteiger partial charge in [0.15, 0.2) is 0 Å². The number of benzene rings is 2. The molecule has 0 unspecified atom stereocenters. The van der Waals surface area contributed by atoms with Crippen molar-refractivity contribution in [1.29, 1.82) is 0 Å². The van der Waals surface area contributed by atoms with Crippen LogP contribution in [0.25, 0.3) is 12.2 Å². The molecule has 0 N–H and O–H groups in total. The van der Waals surface area contributed by atoms with E-state index in [1.807, 2.05) is 6.07 Å². The summed E-state index contributed by atoms with van der Waals surface area (Å²) >= 11 is 1.78. The fourth-order valence-electron chi connectivity index (χ4n) is 1.87. The highest BCUT2D eigenvalue weighted by molar-refractivity contribution is 7.98. The van der Waals surface area contributed by atoms with Gasteiger partial charge in [-0.15, -0.1) is 11.8 Å². The molecule has 2 aromatic rings. The van der Waals surface area contributed by atoms with Crippen LogP contribution in [-0.2, 0) is 0 Å². The summed E-state index contributed by atoms with van der Waals surface area (Å²) in [6.07, 6.45) is 8.65. The molecule has 0 aliphatic rings. The Balaban J connectivity index is 2.17. The fraction of sp³-hybridized carbons (Fsp3) is 0.111. The first kappa shape index (κ1) is 13.7. The van der Waals surface area contributed by atoms with E-state index in [-0.39, 0.29) is 0 Å². The van der Waals surface area contributed by atoms with Crippen LogP contribution >= 0.6 is 11.8 Å². The van der Waals surface area contributed by atoms with E-state index in [1.54, 1.807) is 11.8 Å². The molecule has 0 aliphatic heterocycles. The van der Waals surface area contributed by atoms with Crippen LogP contribution in [-0.4, -0.2) is 6.26 Å². The van der Waals surface area contributed by atoms with Crippen molar-refractivity contribution in [3.8, 4) is 0 Å². The summed E-state index contributed by atoms with van der Waals surface area (Å²) in [5.41, 5.74) is 3.77. The molecule has 0 amide bonds. The van der Waals surface area contributed by atoms with Gasteiger partial charge < -0.3 is 0 Å². The third-order valence-corrected chi connectivity index (χ3v) is 3.67. The molecule has 2 aromatic carbocycles. The zero-order chi connectivity index (χ0) is 13.5. The van der Waals surface area contributed by atoms with Crippen molar-refractivity contribution in [2.24, 2.45) is 0 Å². The lowest BCUT2D eigenvalue weighted by Crippen LogP contribution is -1.79. The number of hydrogen-bond donors (Lipinski definition) is 0. The maximum Gasteiger partial charge on any atom is 0.0142 e. The molecule has 0 spiro atoms. The molecule has 0 atom stereocenters. The second-order valence-corrected chi connectivity index (χ2v) is 5.22. The van der Waals surface area contributed by atoms with Crippen molar-refractivity contribution in [2.45, 2.75) is 11.8 Å². The van der Waals surface area contributed by atoms with Crippen molar-refractivity contribution in [2.75, 3.05) is 6.26 Å². The first-order valence-corrected chi connectivity index (χ1v) is 7.56. The first-order valence-electron chi connectivity index (χ1n) is 6.34. The quantitative estimate of drug-likeness (QED) is 0.518. The van der Waals surface area contributed by atoms with Gasteiger partial charge >= 0.3 is 0 Å². The molecule has 19 heavy (non-hydrogen) atoms. The molecule has 0 aliphatic carbocycles. The van der Waals surface area contributed by atoms with E-state index < -0.39 is 0 Å². The van der Waals surface area contributed by atoms with Crippen molar-refractivity contribution >= 4 is 23.9 Å². The molecule has 0 saturated carbocycles.